The lowest BCUT2D eigenvalue weighted by molar-refractivity contribution is 0.202. The largest absolute Gasteiger partial charge is 0.412 e. The van der Waals surface area contributed by atoms with E-state index in [1.54, 1.807) is 7.05 Å². The van der Waals surface area contributed by atoms with Gasteiger partial charge in [-0.1, -0.05) is 25.3 Å². The van der Waals surface area contributed by atoms with Crippen molar-refractivity contribution in [2.75, 3.05) is 26.0 Å². The minimum atomic E-state index is -0.405. The highest BCUT2D eigenvalue weighted by atomic mass is 16.6. The van der Waals surface area contributed by atoms with E-state index in [-0.39, 0.29) is 0 Å². The molecular weight excluding hydrogens is 252 g/mol. The summed E-state index contributed by atoms with van der Waals surface area (Å²) in [7, 11) is 5.55. The summed E-state index contributed by atoms with van der Waals surface area (Å²) in [6, 6.07) is 6.17. The highest BCUT2D eigenvalue weighted by Gasteiger charge is 2.21. The molecule has 4 heteroatoms. The maximum Gasteiger partial charge on any atom is 0.412 e. The zero-order valence-corrected chi connectivity index (χ0v) is 12.6. The van der Waals surface area contributed by atoms with Crippen LogP contribution in [0.15, 0.2) is 18.2 Å². The first kappa shape index (κ1) is 14.7. The zero-order valence-electron chi connectivity index (χ0n) is 12.6. The molecule has 1 saturated carbocycles. The molecule has 0 saturated heterocycles. The topological polar surface area (TPSA) is 41.6 Å². The number of ether oxygens (including phenoxy) is 1. The van der Waals surface area contributed by atoms with Crippen LogP contribution in [0, 0.1) is 0 Å². The van der Waals surface area contributed by atoms with E-state index in [0.29, 0.717) is 11.7 Å². The van der Waals surface area contributed by atoms with Crippen LogP contribution in [-0.4, -0.2) is 27.2 Å². The molecule has 1 amide bonds. The number of carbonyl (C=O) groups is 1. The fraction of sp³-hybridized carbons (Fsp3) is 0.562. The number of anilines is 1. The normalized spacial score (nSPS) is 15.8. The van der Waals surface area contributed by atoms with Crippen molar-refractivity contribution in [3.05, 3.63) is 23.8 Å². The van der Waals surface area contributed by atoms with Gasteiger partial charge in [-0.3, -0.25) is 0 Å². The van der Waals surface area contributed by atoms with E-state index in [2.05, 4.69) is 17.4 Å². The molecule has 20 heavy (non-hydrogen) atoms. The van der Waals surface area contributed by atoms with Gasteiger partial charge in [0, 0.05) is 32.9 Å². The average molecular weight is 276 g/mol. The van der Waals surface area contributed by atoms with Gasteiger partial charge >= 0.3 is 6.09 Å². The van der Waals surface area contributed by atoms with Gasteiger partial charge < -0.3 is 15.0 Å². The fourth-order valence-electron chi connectivity index (χ4n) is 2.79. The number of amides is 1. The van der Waals surface area contributed by atoms with Gasteiger partial charge in [-0.15, -0.1) is 0 Å². The third-order valence-electron chi connectivity index (χ3n) is 3.97. The zero-order chi connectivity index (χ0) is 14.5. The molecule has 0 spiro atoms. The molecule has 1 fully saturated rings. The van der Waals surface area contributed by atoms with Gasteiger partial charge in [-0.25, -0.2) is 4.79 Å². The first-order valence-electron chi connectivity index (χ1n) is 7.32. The van der Waals surface area contributed by atoms with Gasteiger partial charge in [0.15, 0.2) is 0 Å². The van der Waals surface area contributed by atoms with Crippen molar-refractivity contribution in [1.29, 1.82) is 0 Å². The Morgan fingerprint density at radius 2 is 1.95 bits per heavy atom. The van der Waals surface area contributed by atoms with Crippen molar-refractivity contribution in [2.24, 2.45) is 0 Å². The molecule has 110 valence electrons. The average Bonchev–Trinajstić information content (AvgIpc) is 2.47. The van der Waals surface area contributed by atoms with Crippen molar-refractivity contribution in [1.82, 2.24) is 5.32 Å². The third kappa shape index (κ3) is 3.44. The number of hydrogen-bond acceptors (Lipinski definition) is 3. The Hall–Kier alpha value is -1.71. The van der Waals surface area contributed by atoms with E-state index in [1.165, 1.54) is 37.7 Å². The molecule has 0 unspecified atom stereocenters. The van der Waals surface area contributed by atoms with Gasteiger partial charge in [0.2, 0.25) is 0 Å². The molecule has 0 aliphatic heterocycles. The molecule has 1 aromatic carbocycles. The molecule has 0 atom stereocenters. The standard InChI is InChI=1S/C16H24N2O2/c1-17-16(19)20-15-11-13(18(2)3)9-10-14(15)12-7-5-4-6-8-12/h9-12H,4-8H2,1-3H3,(H,17,19). The van der Waals surface area contributed by atoms with Gasteiger partial charge in [0.25, 0.3) is 0 Å². The Labute approximate surface area is 121 Å². The van der Waals surface area contributed by atoms with Gasteiger partial charge in [0.05, 0.1) is 0 Å². The monoisotopic (exact) mass is 276 g/mol. The second-order valence-corrected chi connectivity index (χ2v) is 5.59. The smallest absolute Gasteiger partial charge is 0.410 e. The predicted octanol–water partition coefficient (Wildman–Crippen LogP) is 3.52. The Morgan fingerprint density at radius 1 is 1.25 bits per heavy atom. The van der Waals surface area contributed by atoms with Crippen LogP contribution in [0.3, 0.4) is 0 Å². The van der Waals surface area contributed by atoms with Crippen LogP contribution < -0.4 is 15.0 Å². The number of rotatable bonds is 3. The second kappa shape index (κ2) is 6.64. The van der Waals surface area contributed by atoms with Crippen molar-refractivity contribution in [2.45, 2.75) is 38.0 Å². The molecular formula is C16H24N2O2. The molecule has 0 radical (unpaired) electrons. The molecule has 1 aliphatic carbocycles. The summed E-state index contributed by atoms with van der Waals surface area (Å²) in [6.45, 7) is 0. The number of carbonyl (C=O) groups excluding carboxylic acids is 1. The third-order valence-corrected chi connectivity index (χ3v) is 3.97. The molecule has 1 N–H and O–H groups in total. The lowest BCUT2D eigenvalue weighted by Gasteiger charge is -2.25. The van der Waals surface area contributed by atoms with Crippen LogP contribution in [0.1, 0.15) is 43.6 Å². The maximum atomic E-state index is 11.6. The Morgan fingerprint density at radius 3 is 2.55 bits per heavy atom. The summed E-state index contributed by atoms with van der Waals surface area (Å²) in [4.78, 5) is 13.6. The van der Waals surface area contributed by atoms with Crippen molar-refractivity contribution in [3.8, 4) is 5.75 Å². The predicted molar refractivity (Wildman–Crippen MR) is 81.7 cm³/mol. The number of nitrogens with one attached hydrogen (secondary N) is 1. The maximum absolute atomic E-state index is 11.6. The lowest BCUT2D eigenvalue weighted by Crippen LogP contribution is -2.23. The number of nitrogens with zero attached hydrogens (tertiary/aromatic N) is 1. The highest BCUT2D eigenvalue weighted by molar-refractivity contribution is 5.71. The summed E-state index contributed by atoms with van der Waals surface area (Å²) in [6.07, 6.45) is 5.81. The van der Waals surface area contributed by atoms with Crippen LogP contribution >= 0.6 is 0 Å². The molecule has 0 heterocycles. The summed E-state index contributed by atoms with van der Waals surface area (Å²) < 4.78 is 5.46. The van der Waals surface area contributed by atoms with Gasteiger partial charge in [0.1, 0.15) is 5.75 Å². The van der Waals surface area contributed by atoms with Crippen LogP contribution in [0.5, 0.6) is 5.75 Å². The number of benzene rings is 1. The van der Waals surface area contributed by atoms with E-state index in [0.717, 1.165) is 5.69 Å². The van der Waals surface area contributed by atoms with Crippen LogP contribution in [0.2, 0.25) is 0 Å². The van der Waals surface area contributed by atoms with Crippen molar-refractivity contribution in [3.63, 3.8) is 0 Å². The van der Waals surface area contributed by atoms with Crippen molar-refractivity contribution < 1.29 is 9.53 Å². The molecule has 1 aliphatic rings. The van der Waals surface area contributed by atoms with Gasteiger partial charge in [-0.2, -0.15) is 0 Å². The fourth-order valence-corrected chi connectivity index (χ4v) is 2.79. The molecule has 4 nitrogen and oxygen atoms in total. The molecule has 1 aromatic rings. The summed E-state index contributed by atoms with van der Waals surface area (Å²) in [5, 5.41) is 2.52. The summed E-state index contributed by atoms with van der Waals surface area (Å²) in [5.41, 5.74) is 2.21. The Kier molecular flexibility index (Phi) is 4.88. The Balaban J connectivity index is 2.30. The Bertz CT molecular complexity index is 466. The van der Waals surface area contributed by atoms with E-state index < -0.39 is 6.09 Å². The van der Waals surface area contributed by atoms with Crippen molar-refractivity contribution >= 4 is 11.8 Å². The van der Waals surface area contributed by atoms with Gasteiger partial charge in [-0.05, 0) is 30.4 Å². The molecule has 2 rings (SSSR count). The highest BCUT2D eigenvalue weighted by Crippen LogP contribution is 2.39. The van der Waals surface area contributed by atoms with E-state index in [1.807, 2.05) is 25.1 Å². The first-order valence-corrected chi connectivity index (χ1v) is 7.32. The van der Waals surface area contributed by atoms with Crippen LogP contribution in [0.25, 0.3) is 0 Å². The van der Waals surface area contributed by atoms with E-state index >= 15 is 0 Å². The van der Waals surface area contributed by atoms with Crippen LogP contribution in [0.4, 0.5) is 10.5 Å². The SMILES string of the molecule is CNC(=O)Oc1cc(N(C)C)ccc1C1CCCCC1. The van der Waals surface area contributed by atoms with E-state index in [4.69, 9.17) is 4.74 Å². The molecule has 0 aromatic heterocycles. The minimum absolute atomic E-state index is 0.405. The molecule has 0 bridgehead atoms. The number of hydrogen-bond donors (Lipinski definition) is 1. The summed E-state index contributed by atoms with van der Waals surface area (Å²) >= 11 is 0. The lowest BCUT2D eigenvalue weighted by atomic mass is 9.83. The van der Waals surface area contributed by atoms with Crippen LogP contribution in [-0.2, 0) is 0 Å². The van der Waals surface area contributed by atoms with E-state index in [9.17, 15) is 4.79 Å². The quantitative estimate of drug-likeness (QED) is 0.918. The minimum Gasteiger partial charge on any atom is -0.410 e. The summed E-state index contributed by atoms with van der Waals surface area (Å²) in [5.74, 6) is 1.21. The second-order valence-electron chi connectivity index (χ2n) is 5.59. The first-order chi connectivity index (χ1) is 9.61.